The van der Waals surface area contributed by atoms with Crippen molar-refractivity contribution in [1.29, 1.82) is 0 Å². The second-order valence-corrected chi connectivity index (χ2v) is 19.7. The first-order valence-electron chi connectivity index (χ1n) is 25.9. The van der Waals surface area contributed by atoms with Gasteiger partial charge in [-0.3, -0.25) is 0 Å². The van der Waals surface area contributed by atoms with E-state index in [1.807, 2.05) is 24.3 Å². The first-order valence-corrected chi connectivity index (χ1v) is 25.9. The molecule has 0 saturated heterocycles. The van der Waals surface area contributed by atoms with Gasteiger partial charge in [0.05, 0.1) is 55.5 Å². The highest BCUT2D eigenvalue weighted by molar-refractivity contribution is 6.28. The smallest absolute Gasteiger partial charge is 0.160 e. The zero-order valence-electron chi connectivity index (χ0n) is 41.1. The highest BCUT2D eigenvalue weighted by Gasteiger charge is 2.25. The molecule has 0 aliphatic carbocycles. The van der Waals surface area contributed by atoms with Gasteiger partial charge in [-0.2, -0.15) is 0 Å². The van der Waals surface area contributed by atoms with Gasteiger partial charge in [0.2, 0.25) is 0 Å². The molecule has 0 bridgehead atoms. The third-order valence-electron chi connectivity index (χ3n) is 15.5. The second-order valence-electron chi connectivity index (χ2n) is 19.7. The van der Waals surface area contributed by atoms with Gasteiger partial charge in [0.25, 0.3) is 0 Å². The predicted octanol–water partition coefficient (Wildman–Crippen LogP) is 17.9. The molecule has 0 saturated carbocycles. The quantitative estimate of drug-likeness (QED) is 0.160. The standard InChI is InChI=1S/C70H44N6/c1-6-20-45(21-7-1)58-44-59(72-70(71-58)46-22-8-2-9-23-46)47-34-38-63-57(42-47)67-65(74(63)49-26-12-4-13-27-49)40-36-53-52-30-16-18-32-60(52)76(68(53)67)51-35-39-62-56(43-51)54-37-41-64-66(69(54)75(62)50-28-14-5-15-29-50)55-31-17-19-33-61(55)73(64)48-24-10-3-11-25-48/h1-44H. The minimum atomic E-state index is 0.693. The Labute approximate surface area is 436 Å². The van der Waals surface area contributed by atoms with E-state index in [1.54, 1.807) is 0 Å². The van der Waals surface area contributed by atoms with E-state index in [4.69, 9.17) is 9.97 Å². The van der Waals surface area contributed by atoms with Crippen LogP contribution in [0.1, 0.15) is 0 Å². The largest absolute Gasteiger partial charge is 0.309 e. The minimum Gasteiger partial charge on any atom is -0.309 e. The zero-order valence-corrected chi connectivity index (χ0v) is 41.1. The molecule has 6 heteroatoms. The summed E-state index contributed by atoms with van der Waals surface area (Å²) in [6, 6.07) is 96.3. The third kappa shape index (κ3) is 6.28. The van der Waals surface area contributed by atoms with E-state index in [-0.39, 0.29) is 0 Å². The van der Waals surface area contributed by atoms with Gasteiger partial charge in [-0.25, -0.2) is 9.97 Å². The van der Waals surface area contributed by atoms with Crippen LogP contribution in [-0.2, 0) is 0 Å². The maximum absolute atomic E-state index is 5.32. The zero-order chi connectivity index (χ0) is 49.8. The number of para-hydroxylation sites is 5. The van der Waals surface area contributed by atoms with Crippen LogP contribution in [0.5, 0.6) is 0 Å². The van der Waals surface area contributed by atoms with Gasteiger partial charge in [-0.1, -0.05) is 170 Å². The Morgan fingerprint density at radius 2 is 0.645 bits per heavy atom. The van der Waals surface area contributed by atoms with E-state index in [2.05, 4.69) is 261 Å². The summed E-state index contributed by atoms with van der Waals surface area (Å²) in [4.78, 5) is 10.5. The van der Waals surface area contributed by atoms with E-state index in [1.165, 1.54) is 54.3 Å². The third-order valence-corrected chi connectivity index (χ3v) is 15.5. The number of nitrogens with zero attached hydrogens (tertiary/aromatic N) is 6. The molecule has 0 radical (unpaired) electrons. The molecule has 6 nitrogen and oxygen atoms in total. The fourth-order valence-corrected chi connectivity index (χ4v) is 12.3. The molecule has 0 aliphatic rings. The molecule has 0 unspecified atom stereocenters. The van der Waals surface area contributed by atoms with Gasteiger partial charge in [-0.15, -0.1) is 0 Å². The van der Waals surface area contributed by atoms with Crippen molar-refractivity contribution >= 4 is 87.2 Å². The summed E-state index contributed by atoms with van der Waals surface area (Å²) in [5, 5.41) is 9.57. The van der Waals surface area contributed by atoms with Gasteiger partial charge < -0.3 is 18.3 Å². The Balaban J connectivity index is 1.00. The number of aromatic nitrogens is 6. The molecule has 0 N–H and O–H groups in total. The van der Waals surface area contributed by atoms with Crippen molar-refractivity contribution in [3.05, 3.63) is 267 Å². The first-order chi connectivity index (χ1) is 37.7. The molecule has 5 heterocycles. The molecule has 0 aliphatic heterocycles. The molecule has 0 spiro atoms. The fraction of sp³-hybridized carbons (Fsp3) is 0. The SMILES string of the molecule is c1ccc(-c2cc(-c3ccc4c(c3)c3c(ccc5c6ccccc6n(-c6ccc7c(c6)c6ccc8c(c9ccccc9n8-c8ccccc8)c6n7-c6ccccc6)c53)n4-c3ccccc3)nc(-c3ccccc3)n2)cc1. The van der Waals surface area contributed by atoms with E-state index >= 15 is 0 Å². The van der Waals surface area contributed by atoms with Crippen LogP contribution in [0.3, 0.4) is 0 Å². The van der Waals surface area contributed by atoms with Crippen LogP contribution < -0.4 is 0 Å². The van der Waals surface area contributed by atoms with Gasteiger partial charge >= 0.3 is 0 Å². The normalized spacial score (nSPS) is 11.9. The van der Waals surface area contributed by atoms with E-state index in [9.17, 15) is 0 Å². The summed E-state index contributed by atoms with van der Waals surface area (Å²) in [5.74, 6) is 0.693. The van der Waals surface area contributed by atoms with Crippen molar-refractivity contribution in [2.75, 3.05) is 0 Å². The van der Waals surface area contributed by atoms with Crippen molar-refractivity contribution in [2.24, 2.45) is 0 Å². The monoisotopic (exact) mass is 968 g/mol. The number of fused-ring (bicyclic) bond motifs is 14. The Kier molecular flexibility index (Phi) is 9.23. The molecule has 76 heavy (non-hydrogen) atoms. The van der Waals surface area contributed by atoms with Gasteiger partial charge in [0, 0.05) is 82.5 Å². The Bertz CT molecular complexity index is 4890. The van der Waals surface area contributed by atoms with E-state index in [0.717, 1.165) is 83.8 Å². The molecular formula is C70H44N6. The van der Waals surface area contributed by atoms with Crippen molar-refractivity contribution in [3.8, 4) is 56.7 Å². The van der Waals surface area contributed by atoms with Crippen LogP contribution in [-0.4, -0.2) is 28.2 Å². The highest BCUT2D eigenvalue weighted by Crippen LogP contribution is 2.46. The van der Waals surface area contributed by atoms with Crippen LogP contribution in [0.2, 0.25) is 0 Å². The number of hydrogen-bond acceptors (Lipinski definition) is 2. The maximum Gasteiger partial charge on any atom is 0.160 e. The molecule has 0 amide bonds. The summed E-state index contributed by atoms with van der Waals surface area (Å²) < 4.78 is 9.84. The maximum atomic E-state index is 5.32. The molecule has 0 atom stereocenters. The van der Waals surface area contributed by atoms with E-state index in [0.29, 0.717) is 5.82 Å². The van der Waals surface area contributed by atoms with Crippen LogP contribution in [0.15, 0.2) is 267 Å². The summed E-state index contributed by atoms with van der Waals surface area (Å²) >= 11 is 0. The Hall–Kier alpha value is -10.3. The number of hydrogen-bond donors (Lipinski definition) is 0. The molecule has 16 aromatic rings. The number of benzene rings is 11. The van der Waals surface area contributed by atoms with Crippen LogP contribution in [0.25, 0.3) is 144 Å². The lowest BCUT2D eigenvalue weighted by Gasteiger charge is -2.12. The summed E-state index contributed by atoms with van der Waals surface area (Å²) in [6.45, 7) is 0. The molecule has 0 fully saturated rings. The lowest BCUT2D eigenvalue weighted by Crippen LogP contribution is -1.96. The van der Waals surface area contributed by atoms with Gasteiger partial charge in [0.1, 0.15) is 0 Å². The average molecular weight is 969 g/mol. The van der Waals surface area contributed by atoms with E-state index < -0.39 is 0 Å². The van der Waals surface area contributed by atoms with Gasteiger partial charge in [0.15, 0.2) is 5.82 Å². The predicted molar refractivity (Wildman–Crippen MR) is 316 cm³/mol. The molecule has 11 aromatic carbocycles. The summed E-state index contributed by atoms with van der Waals surface area (Å²) in [6.07, 6.45) is 0. The van der Waals surface area contributed by atoms with Crippen LogP contribution in [0.4, 0.5) is 0 Å². The average Bonchev–Trinajstić information content (AvgIpc) is 4.34. The lowest BCUT2D eigenvalue weighted by atomic mass is 10.0. The Morgan fingerprint density at radius 1 is 0.224 bits per heavy atom. The lowest BCUT2D eigenvalue weighted by molar-refractivity contribution is 1.17. The topological polar surface area (TPSA) is 45.5 Å². The van der Waals surface area contributed by atoms with Crippen molar-refractivity contribution in [2.45, 2.75) is 0 Å². The van der Waals surface area contributed by atoms with Crippen molar-refractivity contribution in [3.63, 3.8) is 0 Å². The summed E-state index contributed by atoms with van der Waals surface area (Å²) in [7, 11) is 0. The first kappa shape index (κ1) is 42.2. The molecule has 16 rings (SSSR count). The fourth-order valence-electron chi connectivity index (χ4n) is 12.3. The van der Waals surface area contributed by atoms with Crippen LogP contribution in [0, 0.1) is 0 Å². The minimum absolute atomic E-state index is 0.693. The highest BCUT2D eigenvalue weighted by atomic mass is 15.0. The van der Waals surface area contributed by atoms with Crippen molar-refractivity contribution < 1.29 is 0 Å². The second kappa shape index (κ2) is 16.6. The van der Waals surface area contributed by atoms with Crippen LogP contribution >= 0.6 is 0 Å². The number of rotatable bonds is 7. The molecule has 354 valence electrons. The molecule has 5 aromatic heterocycles. The molecular weight excluding hydrogens is 925 g/mol. The summed E-state index contributed by atoms with van der Waals surface area (Å²) in [5.41, 5.74) is 18.5. The van der Waals surface area contributed by atoms with Gasteiger partial charge in [-0.05, 0) is 97.1 Å². The Morgan fingerprint density at radius 3 is 1.26 bits per heavy atom. The van der Waals surface area contributed by atoms with Crippen molar-refractivity contribution in [1.82, 2.24) is 28.2 Å².